The zero-order valence-corrected chi connectivity index (χ0v) is 17.2. The second-order valence-electron chi connectivity index (χ2n) is 6.67. The maximum absolute atomic E-state index is 5.43. The Morgan fingerprint density at radius 1 is 0.926 bits per heavy atom. The van der Waals surface area contributed by atoms with Gasteiger partial charge in [-0.2, -0.15) is 0 Å². The molecule has 3 aromatic carbocycles. The molecule has 0 saturated carbocycles. The summed E-state index contributed by atoms with van der Waals surface area (Å²) in [5, 5.41) is 6.15. The highest BCUT2D eigenvalue weighted by atomic mass is 79.9. The number of rotatable bonds is 6. The van der Waals surface area contributed by atoms with Gasteiger partial charge in [-0.25, -0.2) is 0 Å². The summed E-state index contributed by atoms with van der Waals surface area (Å²) in [6, 6.07) is 21.4. The third-order valence-corrected chi connectivity index (χ3v) is 5.54. The van der Waals surface area contributed by atoms with E-state index in [1.807, 2.05) is 18.2 Å². The van der Waals surface area contributed by atoms with Crippen molar-refractivity contribution in [2.45, 2.75) is 26.6 Å². The summed E-state index contributed by atoms with van der Waals surface area (Å²) < 4.78 is 8.93. The zero-order chi connectivity index (χ0) is 18.8. The molecule has 0 aliphatic rings. The first-order valence-electron chi connectivity index (χ1n) is 9.24. The van der Waals surface area contributed by atoms with Crippen molar-refractivity contribution in [2.75, 3.05) is 7.11 Å². The normalized spacial score (nSPS) is 11.4. The number of aromatic nitrogens is 1. The lowest BCUT2D eigenvalue weighted by atomic mass is 10.1. The number of ether oxygens (including phenoxy) is 1. The average Bonchev–Trinajstić information content (AvgIpc) is 3.00. The number of nitrogens with one attached hydrogen (secondary N) is 1. The van der Waals surface area contributed by atoms with Crippen LogP contribution in [0.15, 0.2) is 65.1 Å². The molecule has 0 amide bonds. The Kier molecular flexibility index (Phi) is 5.19. The van der Waals surface area contributed by atoms with Crippen molar-refractivity contribution >= 4 is 37.7 Å². The highest BCUT2D eigenvalue weighted by Gasteiger charge is 2.10. The molecule has 0 aliphatic carbocycles. The van der Waals surface area contributed by atoms with E-state index in [1.54, 1.807) is 7.11 Å². The molecule has 0 radical (unpaired) electrons. The predicted octanol–water partition coefficient (Wildman–Crippen LogP) is 5.88. The number of para-hydroxylation sites is 1. The van der Waals surface area contributed by atoms with Gasteiger partial charge in [0.25, 0.3) is 0 Å². The van der Waals surface area contributed by atoms with Gasteiger partial charge in [0.15, 0.2) is 0 Å². The molecular formula is C23H23BrN2O. The van der Waals surface area contributed by atoms with Crippen molar-refractivity contribution in [2.24, 2.45) is 0 Å². The standard InChI is InChI=1S/C23H23BrN2O/c1-3-26-21-10-8-16(12-19(21)20-13-18(24)9-11-22(20)26)14-25-15-17-6-4-5-7-23(17)27-2/h4-13,25H,3,14-15H2,1-2H3. The van der Waals surface area contributed by atoms with Crippen molar-refractivity contribution in [3.8, 4) is 5.75 Å². The van der Waals surface area contributed by atoms with Crippen LogP contribution in [-0.4, -0.2) is 11.7 Å². The van der Waals surface area contributed by atoms with Gasteiger partial charge in [0.1, 0.15) is 5.75 Å². The van der Waals surface area contributed by atoms with E-state index in [-0.39, 0.29) is 0 Å². The molecule has 0 saturated heterocycles. The van der Waals surface area contributed by atoms with Crippen LogP contribution in [0.2, 0.25) is 0 Å². The first kappa shape index (κ1) is 18.1. The summed E-state index contributed by atoms with van der Waals surface area (Å²) in [5.41, 5.74) is 5.04. The second-order valence-corrected chi connectivity index (χ2v) is 7.59. The second kappa shape index (κ2) is 7.75. The van der Waals surface area contributed by atoms with Crippen molar-refractivity contribution in [3.05, 3.63) is 76.3 Å². The Bertz CT molecular complexity index is 1100. The van der Waals surface area contributed by atoms with Crippen LogP contribution in [0.1, 0.15) is 18.1 Å². The molecule has 1 heterocycles. The third kappa shape index (κ3) is 3.47. The Balaban J connectivity index is 1.61. The highest BCUT2D eigenvalue weighted by molar-refractivity contribution is 9.10. The van der Waals surface area contributed by atoms with Gasteiger partial charge in [-0.15, -0.1) is 0 Å². The van der Waals surface area contributed by atoms with Crippen molar-refractivity contribution in [3.63, 3.8) is 0 Å². The van der Waals surface area contributed by atoms with Crippen molar-refractivity contribution in [1.29, 1.82) is 0 Å². The van der Waals surface area contributed by atoms with Crippen LogP contribution in [0.4, 0.5) is 0 Å². The van der Waals surface area contributed by atoms with E-state index in [0.29, 0.717) is 0 Å². The van der Waals surface area contributed by atoms with E-state index in [0.717, 1.165) is 29.9 Å². The van der Waals surface area contributed by atoms with E-state index in [2.05, 4.69) is 75.2 Å². The molecule has 0 atom stereocenters. The summed E-state index contributed by atoms with van der Waals surface area (Å²) in [6.07, 6.45) is 0. The van der Waals surface area contributed by atoms with Crippen LogP contribution < -0.4 is 10.1 Å². The largest absolute Gasteiger partial charge is 0.496 e. The van der Waals surface area contributed by atoms with E-state index >= 15 is 0 Å². The average molecular weight is 423 g/mol. The quantitative estimate of drug-likeness (QED) is 0.420. The fourth-order valence-corrected chi connectivity index (χ4v) is 4.13. The lowest BCUT2D eigenvalue weighted by Gasteiger charge is -2.10. The monoisotopic (exact) mass is 422 g/mol. The molecule has 4 rings (SSSR count). The summed E-state index contributed by atoms with van der Waals surface area (Å²) >= 11 is 3.62. The molecule has 0 bridgehead atoms. The number of nitrogens with zero attached hydrogens (tertiary/aromatic N) is 1. The van der Waals surface area contributed by atoms with E-state index in [9.17, 15) is 0 Å². The summed E-state index contributed by atoms with van der Waals surface area (Å²) in [5.74, 6) is 0.927. The third-order valence-electron chi connectivity index (χ3n) is 5.04. The minimum Gasteiger partial charge on any atom is -0.496 e. The smallest absolute Gasteiger partial charge is 0.123 e. The number of methoxy groups -OCH3 is 1. The molecule has 138 valence electrons. The maximum atomic E-state index is 5.43. The Labute approximate surface area is 168 Å². The molecule has 0 fully saturated rings. The SMILES string of the molecule is CCn1c2ccc(Br)cc2c2cc(CNCc3ccccc3OC)ccc21. The summed E-state index contributed by atoms with van der Waals surface area (Å²) in [7, 11) is 1.72. The van der Waals surface area contributed by atoms with Crippen LogP contribution in [0.3, 0.4) is 0 Å². The number of hydrogen-bond acceptors (Lipinski definition) is 2. The van der Waals surface area contributed by atoms with Gasteiger partial charge in [0.2, 0.25) is 0 Å². The van der Waals surface area contributed by atoms with Gasteiger partial charge in [-0.05, 0) is 48.9 Å². The van der Waals surface area contributed by atoms with Crippen molar-refractivity contribution in [1.82, 2.24) is 9.88 Å². The van der Waals surface area contributed by atoms with Crippen molar-refractivity contribution < 1.29 is 4.74 Å². The molecule has 0 spiro atoms. The number of benzene rings is 3. The predicted molar refractivity (Wildman–Crippen MR) is 116 cm³/mol. The molecule has 4 aromatic rings. The lowest BCUT2D eigenvalue weighted by Crippen LogP contribution is -2.13. The molecule has 0 unspecified atom stereocenters. The van der Waals surface area contributed by atoms with E-state index < -0.39 is 0 Å². The lowest BCUT2D eigenvalue weighted by molar-refractivity contribution is 0.407. The first-order valence-corrected chi connectivity index (χ1v) is 10.0. The number of hydrogen-bond donors (Lipinski definition) is 1. The van der Waals surface area contributed by atoms with Crippen LogP contribution in [0.25, 0.3) is 21.8 Å². The Morgan fingerprint density at radius 3 is 2.44 bits per heavy atom. The van der Waals surface area contributed by atoms with Gasteiger partial charge < -0.3 is 14.6 Å². The minimum atomic E-state index is 0.782. The molecule has 1 N–H and O–H groups in total. The number of fused-ring (bicyclic) bond motifs is 3. The summed E-state index contributed by atoms with van der Waals surface area (Å²) in [6.45, 7) is 4.77. The van der Waals surface area contributed by atoms with E-state index in [1.165, 1.54) is 32.9 Å². The van der Waals surface area contributed by atoms with Crippen LogP contribution in [0.5, 0.6) is 5.75 Å². The van der Waals surface area contributed by atoms with Crippen LogP contribution in [-0.2, 0) is 19.6 Å². The van der Waals surface area contributed by atoms with Crippen LogP contribution in [0, 0.1) is 0 Å². The number of halogens is 1. The van der Waals surface area contributed by atoms with Gasteiger partial charge in [0, 0.05) is 51.5 Å². The summed E-state index contributed by atoms with van der Waals surface area (Å²) in [4.78, 5) is 0. The van der Waals surface area contributed by atoms with Gasteiger partial charge in [-0.3, -0.25) is 0 Å². The molecule has 4 heteroatoms. The Hall–Kier alpha value is -2.30. The molecule has 1 aromatic heterocycles. The van der Waals surface area contributed by atoms with E-state index in [4.69, 9.17) is 4.74 Å². The molecule has 0 aliphatic heterocycles. The molecular weight excluding hydrogens is 400 g/mol. The minimum absolute atomic E-state index is 0.782. The van der Waals surface area contributed by atoms with Crippen LogP contribution >= 0.6 is 15.9 Å². The maximum Gasteiger partial charge on any atom is 0.123 e. The first-order chi connectivity index (χ1) is 13.2. The fraction of sp³-hybridized carbons (Fsp3) is 0.217. The van der Waals surface area contributed by atoms with Gasteiger partial charge in [0.05, 0.1) is 7.11 Å². The Morgan fingerprint density at radius 2 is 1.67 bits per heavy atom. The fourth-order valence-electron chi connectivity index (χ4n) is 3.76. The van der Waals surface area contributed by atoms with Gasteiger partial charge >= 0.3 is 0 Å². The molecule has 27 heavy (non-hydrogen) atoms. The van der Waals surface area contributed by atoms with Gasteiger partial charge in [-0.1, -0.05) is 40.2 Å². The highest BCUT2D eigenvalue weighted by Crippen LogP contribution is 2.32. The number of aryl methyl sites for hydroxylation is 1. The topological polar surface area (TPSA) is 26.2 Å². The zero-order valence-electron chi connectivity index (χ0n) is 15.6. The molecule has 3 nitrogen and oxygen atoms in total.